The topological polar surface area (TPSA) is 98.3 Å². The van der Waals surface area contributed by atoms with Crippen molar-refractivity contribution in [2.24, 2.45) is 0 Å². The maximum Gasteiger partial charge on any atom is 0.293 e. The summed E-state index contributed by atoms with van der Waals surface area (Å²) in [4.78, 5) is 23.5. The second-order valence-corrected chi connectivity index (χ2v) is 6.34. The van der Waals surface area contributed by atoms with Crippen LogP contribution in [0.3, 0.4) is 0 Å². The average Bonchev–Trinajstić information content (AvgIpc) is 3.13. The number of anilines is 1. The molecule has 0 radical (unpaired) electrons. The summed E-state index contributed by atoms with van der Waals surface area (Å²) in [6.07, 6.45) is 0. The van der Waals surface area contributed by atoms with Crippen LogP contribution >= 0.6 is 0 Å². The Bertz CT molecular complexity index is 1200. The summed E-state index contributed by atoms with van der Waals surface area (Å²) in [6.45, 7) is 1.75. The highest BCUT2D eigenvalue weighted by Gasteiger charge is 2.18. The van der Waals surface area contributed by atoms with Crippen LogP contribution in [0.15, 0.2) is 71.3 Å². The van der Waals surface area contributed by atoms with Gasteiger partial charge in [0, 0.05) is 17.2 Å². The predicted molar refractivity (Wildman–Crippen MR) is 105 cm³/mol. The van der Waals surface area contributed by atoms with Gasteiger partial charge in [-0.1, -0.05) is 41.6 Å². The van der Waals surface area contributed by atoms with Crippen LogP contribution in [0, 0.1) is 17.0 Å². The summed E-state index contributed by atoms with van der Waals surface area (Å²) in [7, 11) is 0. The molecular weight excluding hydrogens is 358 g/mol. The van der Waals surface area contributed by atoms with Gasteiger partial charge in [-0.2, -0.15) is 0 Å². The van der Waals surface area contributed by atoms with Gasteiger partial charge in [0.15, 0.2) is 5.76 Å². The van der Waals surface area contributed by atoms with Crippen LogP contribution in [0.2, 0.25) is 0 Å². The fourth-order valence-corrected chi connectivity index (χ4v) is 2.97. The lowest BCUT2D eigenvalue weighted by molar-refractivity contribution is -0.384. The second kappa shape index (κ2) is 6.96. The predicted octanol–water partition coefficient (Wildman–Crippen LogP) is 4.96. The van der Waals surface area contributed by atoms with E-state index in [0.29, 0.717) is 22.2 Å². The van der Waals surface area contributed by atoms with Crippen LogP contribution in [-0.4, -0.2) is 16.0 Å². The first-order chi connectivity index (χ1) is 13.5. The highest BCUT2D eigenvalue weighted by atomic mass is 16.6. The van der Waals surface area contributed by atoms with Crippen LogP contribution in [0.4, 0.5) is 11.4 Å². The first kappa shape index (κ1) is 17.4. The number of aryl methyl sites for hydroxylation is 1. The average molecular weight is 373 g/mol. The van der Waals surface area contributed by atoms with Crippen molar-refractivity contribution < 1.29 is 14.2 Å². The van der Waals surface area contributed by atoms with Crippen molar-refractivity contribution in [3.63, 3.8) is 0 Å². The van der Waals surface area contributed by atoms with Gasteiger partial charge in [-0.25, -0.2) is 0 Å². The number of amides is 1. The zero-order valence-corrected chi connectivity index (χ0v) is 14.9. The van der Waals surface area contributed by atoms with Crippen LogP contribution in [-0.2, 0) is 0 Å². The van der Waals surface area contributed by atoms with Gasteiger partial charge in [0.25, 0.3) is 11.6 Å². The largest absolute Gasteiger partial charge is 0.355 e. The van der Waals surface area contributed by atoms with Crippen LogP contribution in [0.1, 0.15) is 15.9 Å². The Kier molecular flexibility index (Phi) is 4.33. The number of rotatable bonds is 4. The molecule has 0 aliphatic carbocycles. The highest BCUT2D eigenvalue weighted by Crippen LogP contribution is 2.30. The van der Waals surface area contributed by atoms with Gasteiger partial charge >= 0.3 is 0 Å². The normalized spacial score (nSPS) is 10.8. The number of aromatic nitrogens is 1. The number of nitro groups is 1. The van der Waals surface area contributed by atoms with E-state index in [1.807, 2.05) is 30.3 Å². The lowest BCUT2D eigenvalue weighted by Gasteiger charge is -2.07. The number of nitro benzene ring substituents is 1. The monoisotopic (exact) mass is 373 g/mol. The zero-order chi connectivity index (χ0) is 19.7. The molecule has 0 atom stereocenters. The minimum absolute atomic E-state index is 0.147. The van der Waals surface area contributed by atoms with E-state index in [-0.39, 0.29) is 11.4 Å². The minimum Gasteiger partial charge on any atom is -0.355 e. The van der Waals surface area contributed by atoms with Gasteiger partial charge in [0.1, 0.15) is 11.2 Å². The van der Waals surface area contributed by atoms with Crippen molar-refractivity contribution >= 4 is 28.2 Å². The Balaban J connectivity index is 1.70. The standard InChI is InChI=1S/C21H15N3O4/c1-13-7-9-18(19(11-13)24(26)27)22-21(25)15-8-10-17-16(12-15)20(28-23-17)14-5-3-2-4-6-14/h2-12H,1H3,(H,22,25). The van der Waals surface area contributed by atoms with Crippen LogP contribution in [0.5, 0.6) is 0 Å². The van der Waals surface area contributed by atoms with Crippen LogP contribution in [0.25, 0.3) is 22.2 Å². The van der Waals surface area contributed by atoms with E-state index in [1.54, 1.807) is 31.2 Å². The summed E-state index contributed by atoms with van der Waals surface area (Å²) >= 11 is 0. The molecule has 0 spiro atoms. The molecule has 1 N–H and O–H groups in total. The number of hydrogen-bond donors (Lipinski definition) is 1. The summed E-state index contributed by atoms with van der Waals surface area (Å²) < 4.78 is 5.45. The molecule has 4 aromatic rings. The fraction of sp³-hybridized carbons (Fsp3) is 0.0476. The van der Waals surface area contributed by atoms with Gasteiger partial charge in [-0.05, 0) is 36.8 Å². The van der Waals surface area contributed by atoms with Gasteiger partial charge in [0.05, 0.1) is 10.3 Å². The smallest absolute Gasteiger partial charge is 0.293 e. The number of nitrogens with zero attached hydrogens (tertiary/aromatic N) is 2. The van der Waals surface area contributed by atoms with Crippen molar-refractivity contribution in [1.82, 2.24) is 5.16 Å². The first-order valence-corrected chi connectivity index (χ1v) is 8.54. The number of hydrogen-bond acceptors (Lipinski definition) is 5. The molecule has 4 rings (SSSR count). The van der Waals surface area contributed by atoms with E-state index < -0.39 is 10.8 Å². The maximum atomic E-state index is 12.7. The van der Waals surface area contributed by atoms with Crippen LogP contribution < -0.4 is 5.32 Å². The van der Waals surface area contributed by atoms with Gasteiger partial charge in [0.2, 0.25) is 0 Å². The molecule has 1 aromatic heterocycles. The van der Waals surface area contributed by atoms with Gasteiger partial charge < -0.3 is 9.84 Å². The van der Waals surface area contributed by atoms with E-state index in [4.69, 9.17) is 4.52 Å². The third-order valence-corrected chi connectivity index (χ3v) is 4.37. The maximum absolute atomic E-state index is 12.7. The van der Waals surface area contributed by atoms with Gasteiger partial charge in [-0.3, -0.25) is 14.9 Å². The summed E-state index contributed by atoms with van der Waals surface area (Å²) in [6, 6.07) is 19.1. The van der Waals surface area contributed by atoms with E-state index in [2.05, 4.69) is 10.5 Å². The van der Waals surface area contributed by atoms with Crippen molar-refractivity contribution in [2.75, 3.05) is 5.32 Å². The molecule has 138 valence electrons. The molecule has 1 heterocycles. The molecule has 28 heavy (non-hydrogen) atoms. The quantitative estimate of drug-likeness (QED) is 0.402. The molecule has 7 heteroatoms. The van der Waals surface area contributed by atoms with E-state index in [1.165, 1.54) is 12.1 Å². The third kappa shape index (κ3) is 3.21. The SMILES string of the molecule is Cc1ccc(NC(=O)c2ccc3noc(-c4ccccc4)c3c2)c([N+](=O)[O-])c1. The number of nitrogens with one attached hydrogen (secondary N) is 1. The third-order valence-electron chi connectivity index (χ3n) is 4.37. The van der Waals surface area contributed by atoms with E-state index >= 15 is 0 Å². The Hall–Kier alpha value is -4.00. The molecular formula is C21H15N3O4. The van der Waals surface area contributed by atoms with Crippen molar-refractivity contribution in [3.8, 4) is 11.3 Å². The molecule has 0 saturated heterocycles. The molecule has 0 unspecified atom stereocenters. The lowest BCUT2D eigenvalue weighted by Crippen LogP contribution is -2.13. The fourth-order valence-electron chi connectivity index (χ4n) is 2.97. The summed E-state index contributed by atoms with van der Waals surface area (Å²) in [5.74, 6) is 0.112. The van der Waals surface area contributed by atoms with Gasteiger partial charge in [-0.15, -0.1) is 0 Å². The second-order valence-electron chi connectivity index (χ2n) is 6.34. The zero-order valence-electron chi connectivity index (χ0n) is 14.9. The Labute approximate surface area is 159 Å². The first-order valence-electron chi connectivity index (χ1n) is 8.54. The molecule has 0 saturated carbocycles. The number of carbonyl (C=O) groups excluding carboxylic acids is 1. The van der Waals surface area contributed by atoms with Crippen molar-refractivity contribution in [1.29, 1.82) is 0 Å². The minimum atomic E-state index is -0.515. The molecule has 0 aliphatic rings. The Morgan fingerprint density at radius 1 is 1.07 bits per heavy atom. The molecule has 0 bridgehead atoms. The molecule has 0 aliphatic heterocycles. The van der Waals surface area contributed by atoms with Crippen molar-refractivity contribution in [3.05, 3.63) is 88.0 Å². The summed E-state index contributed by atoms with van der Waals surface area (Å²) in [5.41, 5.74) is 2.55. The number of carbonyl (C=O) groups is 1. The van der Waals surface area contributed by atoms with Crippen molar-refractivity contribution in [2.45, 2.75) is 6.92 Å². The number of fused-ring (bicyclic) bond motifs is 1. The number of benzene rings is 3. The molecule has 3 aromatic carbocycles. The Morgan fingerprint density at radius 2 is 1.86 bits per heavy atom. The lowest BCUT2D eigenvalue weighted by atomic mass is 10.1. The molecule has 0 fully saturated rings. The van der Waals surface area contributed by atoms with E-state index in [0.717, 1.165) is 11.1 Å². The van der Waals surface area contributed by atoms with E-state index in [9.17, 15) is 14.9 Å². The highest BCUT2D eigenvalue weighted by molar-refractivity contribution is 6.08. The molecule has 7 nitrogen and oxygen atoms in total. The molecule has 1 amide bonds. The summed E-state index contributed by atoms with van der Waals surface area (Å²) in [5, 5.41) is 18.6. The Morgan fingerprint density at radius 3 is 2.61 bits per heavy atom.